The van der Waals surface area contributed by atoms with Crippen molar-refractivity contribution in [3.05, 3.63) is 65.3 Å². The van der Waals surface area contributed by atoms with E-state index in [2.05, 4.69) is 15.5 Å². The molecule has 0 bridgehead atoms. The smallest absolute Gasteiger partial charge is 0.118 e. The number of hydrazone groups is 1. The first-order chi connectivity index (χ1) is 10.8. The van der Waals surface area contributed by atoms with Crippen LogP contribution in [0.15, 0.2) is 59.8 Å². The Hall–Kier alpha value is -2.59. The predicted octanol–water partition coefficient (Wildman–Crippen LogP) is 4.34. The van der Waals surface area contributed by atoms with E-state index in [1.165, 1.54) is 0 Å². The number of methoxy groups -OCH3 is 1. The number of benzene rings is 2. The maximum Gasteiger partial charge on any atom is 0.118 e. The maximum absolute atomic E-state index is 5.98. The lowest BCUT2D eigenvalue weighted by Gasteiger charge is -2.05. The summed E-state index contributed by atoms with van der Waals surface area (Å²) in [5.41, 5.74) is 5.73. The standard InChI is InChI=1S/C17H14ClN3O/c1-22-14-5-2-12(3-6-14)11-20-21-16-8-9-19-17-10-13(18)4-7-15(16)17/h2-11H,1H3,(H,19,21). The summed E-state index contributed by atoms with van der Waals surface area (Å²) in [6.45, 7) is 0. The van der Waals surface area contributed by atoms with E-state index in [0.717, 1.165) is 27.9 Å². The van der Waals surface area contributed by atoms with Crippen molar-refractivity contribution in [2.24, 2.45) is 5.10 Å². The average molecular weight is 312 g/mol. The van der Waals surface area contributed by atoms with Gasteiger partial charge in [-0.3, -0.25) is 10.4 Å². The van der Waals surface area contributed by atoms with Crippen molar-refractivity contribution < 1.29 is 4.74 Å². The second kappa shape index (κ2) is 6.45. The molecule has 1 aromatic heterocycles. The van der Waals surface area contributed by atoms with Crippen molar-refractivity contribution in [2.45, 2.75) is 0 Å². The molecule has 0 saturated carbocycles. The molecule has 5 heteroatoms. The Balaban J connectivity index is 1.79. The minimum atomic E-state index is 0.666. The Kier molecular flexibility index (Phi) is 4.21. The van der Waals surface area contributed by atoms with Crippen LogP contribution in [0.3, 0.4) is 0 Å². The van der Waals surface area contributed by atoms with Crippen LogP contribution >= 0.6 is 11.6 Å². The zero-order chi connectivity index (χ0) is 15.4. The molecule has 4 nitrogen and oxygen atoms in total. The van der Waals surface area contributed by atoms with Gasteiger partial charge >= 0.3 is 0 Å². The number of hydrogen-bond acceptors (Lipinski definition) is 4. The van der Waals surface area contributed by atoms with Gasteiger partial charge in [-0.2, -0.15) is 5.10 Å². The first kappa shape index (κ1) is 14.4. The molecule has 0 unspecified atom stereocenters. The first-order valence-electron chi connectivity index (χ1n) is 6.74. The van der Waals surface area contributed by atoms with Gasteiger partial charge in [0.25, 0.3) is 0 Å². The Morgan fingerprint density at radius 1 is 1.14 bits per heavy atom. The molecule has 0 saturated heterocycles. The molecule has 0 aliphatic rings. The van der Waals surface area contributed by atoms with Crippen molar-refractivity contribution in [1.29, 1.82) is 0 Å². The second-order valence-electron chi connectivity index (χ2n) is 4.66. The molecule has 0 fully saturated rings. The van der Waals surface area contributed by atoms with Gasteiger partial charge in [0.05, 0.1) is 24.5 Å². The molecule has 0 spiro atoms. The fraction of sp³-hybridized carbons (Fsp3) is 0.0588. The van der Waals surface area contributed by atoms with E-state index < -0.39 is 0 Å². The highest BCUT2D eigenvalue weighted by molar-refractivity contribution is 6.31. The molecule has 0 aliphatic heterocycles. The van der Waals surface area contributed by atoms with Crippen molar-refractivity contribution in [2.75, 3.05) is 12.5 Å². The fourth-order valence-corrected chi connectivity index (χ4v) is 2.25. The summed E-state index contributed by atoms with van der Waals surface area (Å²) in [5.74, 6) is 0.821. The number of nitrogens with one attached hydrogen (secondary N) is 1. The third-order valence-corrected chi connectivity index (χ3v) is 3.45. The zero-order valence-corrected chi connectivity index (χ0v) is 12.7. The van der Waals surface area contributed by atoms with E-state index in [9.17, 15) is 0 Å². The minimum absolute atomic E-state index is 0.666. The van der Waals surface area contributed by atoms with Crippen LogP contribution in [0.5, 0.6) is 5.75 Å². The highest BCUT2D eigenvalue weighted by Crippen LogP contribution is 2.24. The molecule has 2 aromatic carbocycles. The molecule has 1 N–H and O–H groups in total. The van der Waals surface area contributed by atoms with E-state index in [1.807, 2.05) is 48.5 Å². The summed E-state index contributed by atoms with van der Waals surface area (Å²) in [6.07, 6.45) is 3.48. The molecule has 3 rings (SSSR count). The van der Waals surface area contributed by atoms with Gasteiger partial charge in [0.15, 0.2) is 0 Å². The fourth-order valence-electron chi connectivity index (χ4n) is 2.09. The van der Waals surface area contributed by atoms with E-state index in [4.69, 9.17) is 16.3 Å². The van der Waals surface area contributed by atoms with Gasteiger partial charge < -0.3 is 4.74 Å². The lowest BCUT2D eigenvalue weighted by Crippen LogP contribution is -1.93. The Bertz CT molecular complexity index is 816. The number of halogens is 1. The normalized spacial score (nSPS) is 11.0. The number of fused-ring (bicyclic) bond motifs is 1. The molecule has 3 aromatic rings. The lowest BCUT2D eigenvalue weighted by atomic mass is 10.2. The second-order valence-corrected chi connectivity index (χ2v) is 5.10. The van der Waals surface area contributed by atoms with Crippen LogP contribution in [-0.4, -0.2) is 18.3 Å². The monoisotopic (exact) mass is 311 g/mol. The Labute approximate surface area is 133 Å². The highest BCUT2D eigenvalue weighted by Gasteiger charge is 2.01. The molecular weight excluding hydrogens is 298 g/mol. The van der Waals surface area contributed by atoms with Crippen LogP contribution in [0.1, 0.15) is 5.56 Å². The van der Waals surface area contributed by atoms with Crippen LogP contribution in [0.4, 0.5) is 5.69 Å². The first-order valence-corrected chi connectivity index (χ1v) is 7.11. The Morgan fingerprint density at radius 3 is 2.73 bits per heavy atom. The predicted molar refractivity (Wildman–Crippen MR) is 91.0 cm³/mol. The summed E-state index contributed by atoms with van der Waals surface area (Å²) in [7, 11) is 1.64. The molecule has 110 valence electrons. The highest BCUT2D eigenvalue weighted by atomic mass is 35.5. The molecule has 1 heterocycles. The van der Waals surface area contributed by atoms with Gasteiger partial charge in [-0.25, -0.2) is 0 Å². The number of ether oxygens (including phenoxy) is 1. The van der Waals surface area contributed by atoms with Crippen molar-refractivity contribution in [1.82, 2.24) is 4.98 Å². The van der Waals surface area contributed by atoms with Crippen LogP contribution in [0.25, 0.3) is 10.9 Å². The largest absolute Gasteiger partial charge is 0.497 e. The van der Waals surface area contributed by atoms with Crippen molar-refractivity contribution in [3.8, 4) is 5.75 Å². The number of anilines is 1. The number of rotatable bonds is 4. The minimum Gasteiger partial charge on any atom is -0.497 e. The molecule has 0 amide bonds. The van der Waals surface area contributed by atoms with E-state index in [0.29, 0.717) is 5.02 Å². The molecule has 22 heavy (non-hydrogen) atoms. The number of aromatic nitrogens is 1. The quantitative estimate of drug-likeness (QED) is 0.576. The average Bonchev–Trinajstić information content (AvgIpc) is 2.55. The molecule has 0 atom stereocenters. The lowest BCUT2D eigenvalue weighted by molar-refractivity contribution is 0.415. The molecular formula is C17H14ClN3O. The van der Waals surface area contributed by atoms with E-state index in [1.54, 1.807) is 19.5 Å². The topological polar surface area (TPSA) is 46.5 Å². The van der Waals surface area contributed by atoms with Crippen LogP contribution in [0.2, 0.25) is 5.02 Å². The van der Waals surface area contributed by atoms with Crippen molar-refractivity contribution >= 4 is 34.4 Å². The summed E-state index contributed by atoms with van der Waals surface area (Å²) >= 11 is 5.98. The number of hydrogen-bond donors (Lipinski definition) is 1. The maximum atomic E-state index is 5.98. The summed E-state index contributed by atoms with van der Waals surface area (Å²) in [4.78, 5) is 4.30. The van der Waals surface area contributed by atoms with E-state index >= 15 is 0 Å². The van der Waals surface area contributed by atoms with Crippen LogP contribution < -0.4 is 10.2 Å². The van der Waals surface area contributed by atoms with Gasteiger partial charge in [-0.15, -0.1) is 0 Å². The van der Waals surface area contributed by atoms with Crippen LogP contribution in [0, 0.1) is 0 Å². The Morgan fingerprint density at radius 2 is 1.95 bits per heavy atom. The summed E-state index contributed by atoms with van der Waals surface area (Å²) in [5, 5.41) is 5.90. The summed E-state index contributed by atoms with van der Waals surface area (Å²) < 4.78 is 5.12. The van der Waals surface area contributed by atoms with Gasteiger partial charge in [0, 0.05) is 16.6 Å². The van der Waals surface area contributed by atoms with Gasteiger partial charge in [-0.05, 0) is 54.1 Å². The number of nitrogens with zero attached hydrogens (tertiary/aromatic N) is 2. The molecule has 0 radical (unpaired) electrons. The van der Waals surface area contributed by atoms with Crippen LogP contribution in [-0.2, 0) is 0 Å². The van der Waals surface area contributed by atoms with Gasteiger partial charge in [0.1, 0.15) is 5.75 Å². The zero-order valence-electron chi connectivity index (χ0n) is 12.0. The van der Waals surface area contributed by atoms with Gasteiger partial charge in [-0.1, -0.05) is 11.6 Å². The SMILES string of the molecule is COc1ccc(C=NNc2ccnc3cc(Cl)ccc23)cc1. The third-order valence-electron chi connectivity index (χ3n) is 3.22. The summed E-state index contributed by atoms with van der Waals surface area (Å²) in [6, 6.07) is 15.1. The van der Waals surface area contributed by atoms with Crippen molar-refractivity contribution in [3.63, 3.8) is 0 Å². The van der Waals surface area contributed by atoms with E-state index in [-0.39, 0.29) is 0 Å². The number of pyridine rings is 1. The molecule has 0 aliphatic carbocycles. The van der Waals surface area contributed by atoms with Gasteiger partial charge in [0.2, 0.25) is 0 Å². The third kappa shape index (κ3) is 3.18.